The molecule has 0 aliphatic heterocycles. The van der Waals surface area contributed by atoms with E-state index in [1.807, 2.05) is 6.07 Å². The number of carbonyl (C=O) groups excluding carboxylic acids is 2. The minimum atomic E-state index is -0.519. The predicted molar refractivity (Wildman–Crippen MR) is 117 cm³/mol. The number of amides is 1. The van der Waals surface area contributed by atoms with Gasteiger partial charge in [0.2, 0.25) is 0 Å². The maximum Gasteiger partial charge on any atom is 0.278 e. The Balaban J connectivity index is 1.64. The number of aromatic nitrogens is 3. The Kier molecular flexibility index (Phi) is 5.88. The smallest absolute Gasteiger partial charge is 0.278 e. The molecule has 1 amide bonds. The predicted octanol–water partition coefficient (Wildman–Crippen LogP) is 5.02. The number of hydrogen-bond donors (Lipinski definition) is 1. The van der Waals surface area contributed by atoms with E-state index in [-0.39, 0.29) is 23.6 Å². The molecule has 0 saturated carbocycles. The molecule has 7 nitrogen and oxygen atoms in total. The third-order valence-electron chi connectivity index (χ3n) is 4.63. The van der Waals surface area contributed by atoms with Crippen LogP contribution in [-0.4, -0.2) is 26.6 Å². The van der Waals surface area contributed by atoms with Crippen molar-refractivity contribution < 1.29 is 14.1 Å². The van der Waals surface area contributed by atoms with E-state index in [1.165, 1.54) is 12.3 Å². The van der Waals surface area contributed by atoms with Crippen LogP contribution in [0.2, 0.25) is 10.0 Å². The number of ketones is 1. The minimum absolute atomic E-state index is 0.0946. The molecule has 0 aliphatic rings. The number of halogens is 2. The Labute approximate surface area is 187 Å². The summed E-state index contributed by atoms with van der Waals surface area (Å²) in [6.07, 6.45) is 3.13. The van der Waals surface area contributed by atoms with Crippen molar-refractivity contribution in [3.8, 4) is 0 Å². The van der Waals surface area contributed by atoms with Crippen molar-refractivity contribution in [1.29, 1.82) is 0 Å². The average Bonchev–Trinajstić information content (AvgIpc) is 3.35. The van der Waals surface area contributed by atoms with Gasteiger partial charge < -0.3 is 9.84 Å². The van der Waals surface area contributed by atoms with Crippen molar-refractivity contribution in [1.82, 2.24) is 14.9 Å². The molecule has 156 valence electrons. The molecule has 2 heterocycles. The summed E-state index contributed by atoms with van der Waals surface area (Å²) in [6.45, 7) is 1.96. The van der Waals surface area contributed by atoms with Gasteiger partial charge in [-0.2, -0.15) is 5.10 Å². The summed E-state index contributed by atoms with van der Waals surface area (Å²) in [6, 6.07) is 13.4. The Morgan fingerprint density at radius 3 is 2.58 bits per heavy atom. The van der Waals surface area contributed by atoms with Gasteiger partial charge in [0, 0.05) is 27.9 Å². The molecule has 0 aliphatic carbocycles. The molecule has 1 N–H and O–H groups in total. The normalized spacial score (nSPS) is 10.8. The number of aryl methyl sites for hydroxylation is 1. The molecule has 2 aromatic heterocycles. The second kappa shape index (κ2) is 8.75. The number of rotatable bonds is 6. The monoisotopic (exact) mass is 454 g/mol. The van der Waals surface area contributed by atoms with Crippen LogP contribution in [-0.2, 0) is 6.54 Å². The molecule has 2 aromatic carbocycles. The Morgan fingerprint density at radius 2 is 1.87 bits per heavy atom. The lowest BCUT2D eigenvalue weighted by Gasteiger charge is -2.11. The molecule has 0 unspecified atom stereocenters. The number of hydrogen-bond acceptors (Lipinski definition) is 5. The fourth-order valence-electron chi connectivity index (χ4n) is 3.08. The molecule has 0 fully saturated rings. The van der Waals surface area contributed by atoms with E-state index < -0.39 is 5.91 Å². The van der Waals surface area contributed by atoms with Crippen LogP contribution in [0.5, 0.6) is 0 Å². The van der Waals surface area contributed by atoms with E-state index in [2.05, 4.69) is 15.6 Å². The van der Waals surface area contributed by atoms with Crippen LogP contribution >= 0.6 is 23.2 Å². The molecule has 0 radical (unpaired) electrons. The minimum Gasteiger partial charge on any atom is -0.361 e. The zero-order valence-corrected chi connectivity index (χ0v) is 17.8. The first-order chi connectivity index (χ1) is 14.9. The molecule has 9 heteroatoms. The fraction of sp³-hybridized carbons (Fsp3) is 0.0909. The maximum absolute atomic E-state index is 13.0. The zero-order valence-electron chi connectivity index (χ0n) is 16.3. The van der Waals surface area contributed by atoms with E-state index in [0.29, 0.717) is 32.6 Å². The summed E-state index contributed by atoms with van der Waals surface area (Å²) >= 11 is 12.0. The van der Waals surface area contributed by atoms with E-state index in [1.54, 1.807) is 54.2 Å². The van der Waals surface area contributed by atoms with Crippen LogP contribution in [0.4, 0.5) is 5.69 Å². The van der Waals surface area contributed by atoms with Gasteiger partial charge in [0.1, 0.15) is 5.76 Å². The fourth-order valence-corrected chi connectivity index (χ4v) is 3.41. The number of benzene rings is 2. The molecule has 4 rings (SSSR count). The van der Waals surface area contributed by atoms with E-state index in [4.69, 9.17) is 27.7 Å². The van der Waals surface area contributed by atoms with Crippen LogP contribution in [0, 0.1) is 6.92 Å². The van der Waals surface area contributed by atoms with Gasteiger partial charge in [0.05, 0.1) is 23.5 Å². The average molecular weight is 455 g/mol. The number of nitrogens with one attached hydrogen (secondary N) is 1. The third-order valence-corrected chi connectivity index (χ3v) is 5.06. The van der Waals surface area contributed by atoms with Crippen LogP contribution in [0.25, 0.3) is 0 Å². The highest BCUT2D eigenvalue weighted by atomic mass is 35.5. The summed E-state index contributed by atoms with van der Waals surface area (Å²) < 4.78 is 6.80. The molecule has 31 heavy (non-hydrogen) atoms. The van der Waals surface area contributed by atoms with Crippen molar-refractivity contribution in [3.63, 3.8) is 0 Å². The lowest BCUT2D eigenvalue weighted by molar-refractivity contribution is 0.101. The second-order valence-electron chi connectivity index (χ2n) is 6.76. The van der Waals surface area contributed by atoms with Gasteiger partial charge in [0.25, 0.3) is 5.91 Å². The molecule has 0 saturated heterocycles. The molecule has 0 atom stereocenters. The lowest BCUT2D eigenvalue weighted by Crippen LogP contribution is -2.18. The van der Waals surface area contributed by atoms with Gasteiger partial charge in [-0.3, -0.25) is 14.3 Å². The van der Waals surface area contributed by atoms with Crippen molar-refractivity contribution in [2.45, 2.75) is 13.5 Å². The van der Waals surface area contributed by atoms with Crippen LogP contribution in [0.1, 0.15) is 37.7 Å². The Hall–Kier alpha value is -3.42. The molecular weight excluding hydrogens is 439 g/mol. The summed E-state index contributed by atoms with van der Waals surface area (Å²) in [5.41, 5.74) is 1.72. The van der Waals surface area contributed by atoms with Gasteiger partial charge in [-0.25, -0.2) is 0 Å². The topological polar surface area (TPSA) is 90.0 Å². The van der Waals surface area contributed by atoms with Gasteiger partial charge >= 0.3 is 0 Å². The number of anilines is 1. The van der Waals surface area contributed by atoms with Crippen LogP contribution in [0.3, 0.4) is 0 Å². The molecule has 0 bridgehead atoms. The lowest BCUT2D eigenvalue weighted by atomic mass is 10.0. The van der Waals surface area contributed by atoms with Crippen LogP contribution < -0.4 is 5.32 Å². The third kappa shape index (κ3) is 4.52. The number of nitrogens with zero attached hydrogens (tertiary/aromatic N) is 3. The maximum atomic E-state index is 13.0. The quantitative estimate of drug-likeness (QED) is 0.413. The van der Waals surface area contributed by atoms with Crippen LogP contribution in [0.15, 0.2) is 65.4 Å². The number of carbonyl (C=O) groups is 2. The molecule has 4 aromatic rings. The second-order valence-corrected chi connectivity index (χ2v) is 7.63. The molecule has 0 spiro atoms. The Bertz CT molecular complexity index is 1270. The zero-order chi connectivity index (χ0) is 22.0. The summed E-state index contributed by atoms with van der Waals surface area (Å²) in [7, 11) is 0. The van der Waals surface area contributed by atoms with Crippen molar-refractivity contribution in [3.05, 3.63) is 99.1 Å². The summed E-state index contributed by atoms with van der Waals surface area (Å²) in [5, 5.41) is 11.6. The molecular formula is C22H16Cl2N4O3. The standard InChI is InChI=1S/C22H16Cl2N4O3/c1-13-18(12-28-11-16(24)10-25-28)20(27-31-13)22(30)26-19-8-7-15(23)9-17(19)21(29)14-5-3-2-4-6-14/h2-11H,12H2,1H3,(H,26,30). The van der Waals surface area contributed by atoms with E-state index in [9.17, 15) is 9.59 Å². The van der Waals surface area contributed by atoms with Gasteiger partial charge in [-0.05, 0) is 25.1 Å². The van der Waals surface area contributed by atoms with E-state index in [0.717, 1.165) is 0 Å². The first-order valence-electron chi connectivity index (χ1n) is 9.26. The van der Waals surface area contributed by atoms with Gasteiger partial charge in [0.15, 0.2) is 11.5 Å². The first-order valence-corrected chi connectivity index (χ1v) is 10.0. The SMILES string of the molecule is Cc1onc(C(=O)Nc2ccc(Cl)cc2C(=O)c2ccccc2)c1Cn1cc(Cl)cn1. The first kappa shape index (κ1) is 20.8. The van der Waals surface area contributed by atoms with Crippen molar-refractivity contribution in [2.75, 3.05) is 5.32 Å². The highest BCUT2D eigenvalue weighted by molar-refractivity contribution is 6.31. The van der Waals surface area contributed by atoms with Crippen molar-refractivity contribution >= 4 is 40.6 Å². The van der Waals surface area contributed by atoms with Crippen molar-refractivity contribution in [2.24, 2.45) is 0 Å². The van der Waals surface area contributed by atoms with Gasteiger partial charge in [-0.15, -0.1) is 0 Å². The summed E-state index contributed by atoms with van der Waals surface area (Å²) in [4.78, 5) is 26.0. The highest BCUT2D eigenvalue weighted by Gasteiger charge is 2.23. The summed E-state index contributed by atoms with van der Waals surface area (Å²) in [5.74, 6) is -0.302. The largest absolute Gasteiger partial charge is 0.361 e. The highest BCUT2D eigenvalue weighted by Crippen LogP contribution is 2.25. The van der Waals surface area contributed by atoms with E-state index >= 15 is 0 Å². The van der Waals surface area contributed by atoms with Gasteiger partial charge in [-0.1, -0.05) is 58.7 Å². The Morgan fingerprint density at radius 1 is 1.10 bits per heavy atom.